The standard InChI is InChI=1S/C27H32ClF2N3O3/c28-23-12-19(6-7-22(23)24(34)18-13-27(29,30)14-18)31-20-15-33(16-20)21-8-10-32(11-9-21)26(36)25(35)17-4-2-1-3-5-17/h2,4-7,12,18,20-21,25,31,35H,1,3,8-11,13-16H2. The van der Waals surface area contributed by atoms with Crippen LogP contribution in [0.2, 0.25) is 5.02 Å². The number of alkyl halides is 2. The first kappa shape index (κ1) is 25.4. The van der Waals surface area contributed by atoms with E-state index in [1.165, 1.54) is 0 Å². The highest BCUT2D eigenvalue weighted by Crippen LogP contribution is 2.44. The number of nitrogens with one attached hydrogen (secondary N) is 1. The lowest BCUT2D eigenvalue weighted by Crippen LogP contribution is -2.60. The number of hydrogen-bond donors (Lipinski definition) is 2. The first-order valence-electron chi connectivity index (χ1n) is 12.8. The fourth-order valence-electron chi connectivity index (χ4n) is 5.61. The Bertz CT molecular complexity index is 1070. The Balaban J connectivity index is 1.06. The Morgan fingerprint density at radius 3 is 2.47 bits per heavy atom. The van der Waals surface area contributed by atoms with Crippen molar-refractivity contribution in [3.63, 3.8) is 0 Å². The molecule has 194 valence electrons. The van der Waals surface area contributed by atoms with Gasteiger partial charge in [0.25, 0.3) is 5.91 Å². The number of aliphatic hydroxyl groups excluding tert-OH is 1. The number of aliphatic hydroxyl groups is 1. The van der Waals surface area contributed by atoms with Gasteiger partial charge in [0.1, 0.15) is 0 Å². The normalized spacial score (nSPS) is 24.0. The molecule has 6 nitrogen and oxygen atoms in total. The molecule has 1 aromatic rings. The average Bonchev–Trinajstić information content (AvgIpc) is 2.84. The van der Waals surface area contributed by atoms with Gasteiger partial charge >= 0.3 is 0 Å². The molecule has 2 heterocycles. The molecule has 1 atom stereocenters. The van der Waals surface area contributed by atoms with Gasteiger partial charge in [0, 0.05) is 62.2 Å². The van der Waals surface area contributed by atoms with Crippen LogP contribution in [0.3, 0.4) is 0 Å². The minimum absolute atomic E-state index is 0.209. The second-order valence-corrected chi connectivity index (χ2v) is 10.9. The van der Waals surface area contributed by atoms with Crippen molar-refractivity contribution in [1.29, 1.82) is 0 Å². The molecule has 4 aliphatic rings. The van der Waals surface area contributed by atoms with Gasteiger partial charge in [0.15, 0.2) is 11.9 Å². The molecule has 1 amide bonds. The van der Waals surface area contributed by atoms with Gasteiger partial charge in [-0.2, -0.15) is 0 Å². The van der Waals surface area contributed by atoms with Crippen LogP contribution in [0.25, 0.3) is 0 Å². The van der Waals surface area contributed by atoms with E-state index in [-0.39, 0.29) is 22.8 Å². The maximum absolute atomic E-state index is 13.1. The van der Waals surface area contributed by atoms with E-state index >= 15 is 0 Å². The Kier molecular flexibility index (Phi) is 7.21. The number of Topliss-reactive ketones (excluding diaryl/α,β-unsaturated/α-hetero) is 1. The van der Waals surface area contributed by atoms with Crippen LogP contribution in [-0.4, -0.2) is 76.9 Å². The molecule has 1 unspecified atom stereocenters. The molecule has 2 aliphatic heterocycles. The van der Waals surface area contributed by atoms with Gasteiger partial charge in [-0.3, -0.25) is 14.5 Å². The van der Waals surface area contributed by atoms with Crippen molar-refractivity contribution < 1.29 is 23.5 Å². The van der Waals surface area contributed by atoms with E-state index in [0.717, 1.165) is 44.5 Å². The van der Waals surface area contributed by atoms with Gasteiger partial charge in [0.05, 0.1) is 11.1 Å². The van der Waals surface area contributed by atoms with Gasteiger partial charge in [-0.1, -0.05) is 29.8 Å². The van der Waals surface area contributed by atoms with Crippen LogP contribution in [0.5, 0.6) is 0 Å². The second-order valence-electron chi connectivity index (χ2n) is 10.5. The number of amides is 1. The number of anilines is 1. The number of carbonyl (C=O) groups is 2. The highest BCUT2D eigenvalue weighted by atomic mass is 35.5. The monoisotopic (exact) mass is 519 g/mol. The Labute approximate surface area is 215 Å². The molecule has 2 saturated heterocycles. The molecule has 0 radical (unpaired) electrons. The zero-order valence-electron chi connectivity index (χ0n) is 20.1. The lowest BCUT2D eigenvalue weighted by Gasteiger charge is -2.47. The van der Waals surface area contributed by atoms with Crippen molar-refractivity contribution in [1.82, 2.24) is 9.80 Å². The van der Waals surface area contributed by atoms with Crippen LogP contribution in [0.4, 0.5) is 14.5 Å². The largest absolute Gasteiger partial charge is 0.380 e. The average molecular weight is 520 g/mol. The third-order valence-electron chi connectivity index (χ3n) is 7.84. The van der Waals surface area contributed by atoms with Crippen molar-refractivity contribution in [2.45, 2.75) is 62.6 Å². The SMILES string of the molecule is O=C(c1ccc(NC2CN(C3CCN(C(=O)C(O)C4=CCCC=C4)CC3)C2)cc1Cl)C1CC(F)(F)C1. The maximum atomic E-state index is 13.1. The third kappa shape index (κ3) is 5.36. The number of halogens is 3. The summed E-state index contributed by atoms with van der Waals surface area (Å²) in [6, 6.07) is 5.76. The molecule has 1 aromatic carbocycles. The third-order valence-corrected chi connectivity index (χ3v) is 8.15. The highest BCUT2D eigenvalue weighted by Gasteiger charge is 2.49. The molecule has 2 N–H and O–H groups in total. The summed E-state index contributed by atoms with van der Waals surface area (Å²) in [5, 5.41) is 14.2. The molecule has 9 heteroatoms. The molecule has 36 heavy (non-hydrogen) atoms. The van der Waals surface area contributed by atoms with E-state index in [9.17, 15) is 23.5 Å². The van der Waals surface area contributed by atoms with Gasteiger partial charge < -0.3 is 15.3 Å². The summed E-state index contributed by atoms with van der Waals surface area (Å²) in [6.07, 6.45) is 7.48. The molecule has 0 aromatic heterocycles. The number of nitrogens with zero attached hydrogens (tertiary/aromatic N) is 2. The van der Waals surface area contributed by atoms with E-state index in [4.69, 9.17) is 11.6 Å². The quantitative estimate of drug-likeness (QED) is 0.526. The number of carbonyl (C=O) groups excluding carboxylic acids is 2. The molecular weight excluding hydrogens is 488 g/mol. The summed E-state index contributed by atoms with van der Waals surface area (Å²) in [4.78, 5) is 29.3. The van der Waals surface area contributed by atoms with Gasteiger partial charge in [0.2, 0.25) is 5.92 Å². The lowest BCUT2D eigenvalue weighted by atomic mass is 9.76. The summed E-state index contributed by atoms with van der Waals surface area (Å²) in [6.45, 7) is 3.02. The number of ketones is 1. The van der Waals surface area contributed by atoms with Crippen molar-refractivity contribution in [3.05, 3.63) is 52.6 Å². The van der Waals surface area contributed by atoms with Gasteiger partial charge in [-0.05, 0) is 49.5 Å². The molecule has 1 saturated carbocycles. The van der Waals surface area contributed by atoms with Crippen LogP contribution in [0.1, 0.15) is 48.9 Å². The van der Waals surface area contributed by atoms with E-state index in [2.05, 4.69) is 10.2 Å². The molecule has 2 aliphatic carbocycles. The van der Waals surface area contributed by atoms with E-state index in [0.29, 0.717) is 30.3 Å². The zero-order valence-corrected chi connectivity index (χ0v) is 20.9. The van der Waals surface area contributed by atoms with E-state index in [1.807, 2.05) is 18.2 Å². The summed E-state index contributed by atoms with van der Waals surface area (Å²) in [5.41, 5.74) is 1.81. The predicted octanol–water partition coefficient (Wildman–Crippen LogP) is 4.29. The highest BCUT2D eigenvalue weighted by molar-refractivity contribution is 6.34. The van der Waals surface area contributed by atoms with Crippen LogP contribution in [-0.2, 0) is 4.79 Å². The minimum Gasteiger partial charge on any atom is -0.380 e. The molecule has 3 fully saturated rings. The van der Waals surface area contributed by atoms with E-state index in [1.54, 1.807) is 23.1 Å². The smallest absolute Gasteiger partial charge is 0.256 e. The Hall–Kier alpha value is -2.29. The number of rotatable bonds is 7. The molecule has 0 bridgehead atoms. The maximum Gasteiger partial charge on any atom is 0.256 e. The summed E-state index contributed by atoms with van der Waals surface area (Å²) in [5.74, 6) is -3.90. The number of allylic oxidation sites excluding steroid dienone is 2. The van der Waals surface area contributed by atoms with Gasteiger partial charge in [-0.15, -0.1) is 0 Å². The fourth-order valence-corrected chi connectivity index (χ4v) is 5.89. The van der Waals surface area contributed by atoms with Crippen molar-refractivity contribution >= 4 is 29.0 Å². The van der Waals surface area contributed by atoms with Crippen molar-refractivity contribution in [3.8, 4) is 0 Å². The summed E-state index contributed by atoms with van der Waals surface area (Å²) in [7, 11) is 0. The minimum atomic E-state index is -2.73. The first-order chi connectivity index (χ1) is 17.2. The zero-order chi connectivity index (χ0) is 25.4. The Morgan fingerprint density at radius 1 is 1.14 bits per heavy atom. The number of likely N-dealkylation sites (tertiary alicyclic amines) is 2. The molecular formula is C27H32ClF2N3O3. The summed E-state index contributed by atoms with van der Waals surface area (Å²) >= 11 is 6.31. The predicted molar refractivity (Wildman–Crippen MR) is 135 cm³/mol. The topological polar surface area (TPSA) is 72.9 Å². The van der Waals surface area contributed by atoms with Crippen LogP contribution >= 0.6 is 11.6 Å². The van der Waals surface area contributed by atoms with Crippen LogP contribution in [0, 0.1) is 5.92 Å². The molecule has 0 spiro atoms. The van der Waals surface area contributed by atoms with Gasteiger partial charge in [-0.25, -0.2) is 8.78 Å². The lowest BCUT2D eigenvalue weighted by molar-refractivity contribution is -0.140. The van der Waals surface area contributed by atoms with Crippen LogP contribution < -0.4 is 5.32 Å². The Morgan fingerprint density at radius 2 is 1.86 bits per heavy atom. The van der Waals surface area contributed by atoms with Crippen LogP contribution in [0.15, 0.2) is 42.0 Å². The summed E-state index contributed by atoms with van der Waals surface area (Å²) < 4.78 is 26.2. The number of benzene rings is 1. The van der Waals surface area contributed by atoms with Crippen molar-refractivity contribution in [2.24, 2.45) is 5.92 Å². The van der Waals surface area contributed by atoms with Crippen molar-refractivity contribution in [2.75, 3.05) is 31.5 Å². The fraction of sp³-hybridized carbons (Fsp3) is 0.556. The second kappa shape index (κ2) is 10.2. The first-order valence-corrected chi connectivity index (χ1v) is 13.1. The van der Waals surface area contributed by atoms with E-state index < -0.39 is 30.8 Å². The molecule has 5 rings (SSSR count). The number of hydrogen-bond acceptors (Lipinski definition) is 5. The number of piperidine rings is 1.